The topological polar surface area (TPSA) is 75.3 Å². The highest BCUT2D eigenvalue weighted by atomic mass is 35.5. The van der Waals surface area contributed by atoms with E-state index in [0.29, 0.717) is 11.1 Å². The molecule has 0 amide bonds. The number of aliphatic hydroxyl groups excluding tert-OH is 1. The molecule has 1 aliphatic carbocycles. The molecule has 0 spiro atoms. The number of anilines is 2. The van der Waals surface area contributed by atoms with E-state index in [1.807, 2.05) is 11.4 Å². The van der Waals surface area contributed by atoms with Crippen LogP contribution in [-0.2, 0) is 6.54 Å². The number of rotatable bonds is 5. The molecule has 2 atom stereocenters. The zero-order chi connectivity index (χ0) is 14.1. The minimum atomic E-state index is 0.171. The molecule has 2 aromatic rings. The summed E-state index contributed by atoms with van der Waals surface area (Å²) in [6, 6.07) is 6.11. The quantitative estimate of drug-likeness (QED) is 0.828. The summed E-state index contributed by atoms with van der Waals surface area (Å²) in [6.07, 6.45) is 0.962. The molecule has 20 heavy (non-hydrogen) atoms. The van der Waals surface area contributed by atoms with Crippen LogP contribution in [0, 0.1) is 5.92 Å². The molecule has 0 bridgehead atoms. The normalized spacial score (nSPS) is 20.9. The number of hydrogen-bond acceptors (Lipinski definition) is 6. The minimum absolute atomic E-state index is 0.171. The highest BCUT2D eigenvalue weighted by molar-refractivity contribution is 7.09. The number of thiophene rings is 1. The molecule has 5 nitrogen and oxygen atoms in total. The second-order valence-electron chi connectivity index (χ2n) is 4.86. The van der Waals surface area contributed by atoms with Crippen molar-refractivity contribution >= 4 is 34.7 Å². The van der Waals surface area contributed by atoms with Crippen molar-refractivity contribution in [3.63, 3.8) is 0 Å². The molecule has 2 heterocycles. The molecular weight excluding hydrogens is 296 g/mol. The van der Waals surface area contributed by atoms with Gasteiger partial charge in [-0.2, -0.15) is 4.98 Å². The van der Waals surface area contributed by atoms with E-state index in [-0.39, 0.29) is 18.6 Å². The molecule has 3 N–H and O–H groups in total. The van der Waals surface area contributed by atoms with E-state index in [2.05, 4.69) is 20.9 Å². The fraction of sp³-hybridized carbons (Fsp3) is 0.385. The van der Waals surface area contributed by atoms with Crippen molar-refractivity contribution in [1.29, 1.82) is 0 Å². The summed E-state index contributed by atoms with van der Waals surface area (Å²) in [5.74, 6) is 1.19. The molecule has 2 aromatic heterocycles. The fourth-order valence-electron chi connectivity index (χ4n) is 2.32. The van der Waals surface area contributed by atoms with Gasteiger partial charge in [0.1, 0.15) is 11.0 Å². The first-order chi connectivity index (χ1) is 9.67. The highest BCUT2D eigenvalue weighted by Crippen LogP contribution is 2.39. The largest absolute Gasteiger partial charge is 0.396 e. The first kappa shape index (κ1) is 13.6. The molecule has 0 aromatic carbocycles. The van der Waals surface area contributed by atoms with Gasteiger partial charge >= 0.3 is 0 Å². The van der Waals surface area contributed by atoms with Crippen LogP contribution in [-0.4, -0.2) is 27.7 Å². The van der Waals surface area contributed by atoms with Crippen molar-refractivity contribution in [2.45, 2.75) is 19.0 Å². The van der Waals surface area contributed by atoms with Crippen LogP contribution in [0.3, 0.4) is 0 Å². The van der Waals surface area contributed by atoms with Crippen LogP contribution in [0.2, 0.25) is 5.15 Å². The van der Waals surface area contributed by atoms with Crippen LogP contribution >= 0.6 is 22.9 Å². The van der Waals surface area contributed by atoms with Crippen LogP contribution in [0.1, 0.15) is 11.3 Å². The Balaban J connectivity index is 1.88. The maximum absolute atomic E-state index is 9.30. The molecular formula is C13H15ClN4OS. The second-order valence-corrected chi connectivity index (χ2v) is 6.28. The van der Waals surface area contributed by atoms with Gasteiger partial charge in [-0.25, -0.2) is 4.98 Å². The SMILES string of the molecule is Nc1nc(Cl)cc(N(Cc2cccs2)[C@H]2C[C@H]2CO)n1. The lowest BCUT2D eigenvalue weighted by atomic mass is 10.3. The van der Waals surface area contributed by atoms with Gasteiger partial charge in [0.05, 0.1) is 6.54 Å². The number of aromatic nitrogens is 2. The first-order valence-corrected chi connectivity index (χ1v) is 7.63. The van der Waals surface area contributed by atoms with E-state index < -0.39 is 0 Å². The Morgan fingerprint density at radius 3 is 2.95 bits per heavy atom. The molecule has 1 saturated carbocycles. The smallest absolute Gasteiger partial charge is 0.223 e. The molecule has 7 heteroatoms. The van der Waals surface area contributed by atoms with Crippen LogP contribution in [0.5, 0.6) is 0 Å². The molecule has 106 valence electrons. The van der Waals surface area contributed by atoms with Gasteiger partial charge in [0.2, 0.25) is 5.95 Å². The van der Waals surface area contributed by atoms with E-state index >= 15 is 0 Å². The third-order valence-corrected chi connectivity index (χ3v) is 4.47. The van der Waals surface area contributed by atoms with Crippen molar-refractivity contribution in [1.82, 2.24) is 9.97 Å². The van der Waals surface area contributed by atoms with Gasteiger partial charge < -0.3 is 15.7 Å². The van der Waals surface area contributed by atoms with Crippen LogP contribution in [0.15, 0.2) is 23.6 Å². The maximum Gasteiger partial charge on any atom is 0.223 e. The van der Waals surface area contributed by atoms with Crippen molar-refractivity contribution in [2.75, 3.05) is 17.2 Å². The number of nitrogen functional groups attached to an aromatic ring is 1. The Morgan fingerprint density at radius 2 is 2.35 bits per heavy atom. The Morgan fingerprint density at radius 1 is 1.50 bits per heavy atom. The van der Waals surface area contributed by atoms with Crippen LogP contribution in [0.4, 0.5) is 11.8 Å². The Labute approximate surface area is 126 Å². The zero-order valence-corrected chi connectivity index (χ0v) is 12.3. The monoisotopic (exact) mass is 310 g/mol. The van der Waals surface area contributed by atoms with E-state index in [9.17, 15) is 5.11 Å². The Bertz CT molecular complexity index is 572. The minimum Gasteiger partial charge on any atom is -0.396 e. The summed E-state index contributed by atoms with van der Waals surface area (Å²) in [6.45, 7) is 0.936. The average molecular weight is 311 g/mol. The van der Waals surface area contributed by atoms with Gasteiger partial charge in [-0.15, -0.1) is 11.3 Å². The molecule has 0 radical (unpaired) electrons. The van der Waals surface area contributed by atoms with Crippen LogP contribution < -0.4 is 10.6 Å². The van der Waals surface area contributed by atoms with Gasteiger partial charge in [0, 0.05) is 29.5 Å². The lowest BCUT2D eigenvalue weighted by Gasteiger charge is -2.23. The first-order valence-electron chi connectivity index (χ1n) is 6.37. The zero-order valence-electron chi connectivity index (χ0n) is 10.7. The summed E-state index contributed by atoms with van der Waals surface area (Å²) >= 11 is 7.66. The average Bonchev–Trinajstić information content (AvgIpc) is 3.00. The van der Waals surface area contributed by atoms with E-state index in [1.54, 1.807) is 17.4 Å². The van der Waals surface area contributed by atoms with E-state index in [4.69, 9.17) is 17.3 Å². The van der Waals surface area contributed by atoms with Crippen LogP contribution in [0.25, 0.3) is 0 Å². The van der Waals surface area contributed by atoms with Crippen molar-refractivity contribution < 1.29 is 5.11 Å². The summed E-state index contributed by atoms with van der Waals surface area (Å²) in [7, 11) is 0. The number of halogens is 1. The lowest BCUT2D eigenvalue weighted by molar-refractivity contribution is 0.273. The Hall–Kier alpha value is -1.37. The molecule has 0 unspecified atom stereocenters. The highest BCUT2D eigenvalue weighted by Gasteiger charge is 2.42. The van der Waals surface area contributed by atoms with Gasteiger partial charge in [-0.1, -0.05) is 17.7 Å². The van der Waals surface area contributed by atoms with Gasteiger partial charge in [0.25, 0.3) is 0 Å². The fourth-order valence-corrected chi connectivity index (χ4v) is 3.21. The standard InChI is InChI=1S/C13H15ClN4OS/c14-11-5-12(17-13(15)16-11)18(10-4-8(10)7-19)6-9-2-1-3-20-9/h1-3,5,8,10,19H,4,6-7H2,(H2,15,16,17)/t8-,10-/m0/s1. The summed E-state index contributed by atoms with van der Waals surface area (Å²) in [4.78, 5) is 11.6. The summed E-state index contributed by atoms with van der Waals surface area (Å²) < 4.78 is 0. The second kappa shape index (κ2) is 5.55. The lowest BCUT2D eigenvalue weighted by Crippen LogP contribution is -2.28. The van der Waals surface area contributed by atoms with Crippen molar-refractivity contribution in [2.24, 2.45) is 5.92 Å². The molecule has 1 fully saturated rings. The molecule has 1 aliphatic rings. The summed E-state index contributed by atoms with van der Waals surface area (Å²) in [5.41, 5.74) is 5.68. The summed E-state index contributed by atoms with van der Waals surface area (Å²) in [5, 5.41) is 11.7. The van der Waals surface area contributed by atoms with E-state index in [1.165, 1.54) is 4.88 Å². The Kier molecular flexibility index (Phi) is 3.78. The number of nitrogens with two attached hydrogens (primary N) is 1. The van der Waals surface area contributed by atoms with Crippen molar-refractivity contribution in [3.05, 3.63) is 33.6 Å². The molecule has 0 aliphatic heterocycles. The van der Waals surface area contributed by atoms with Crippen molar-refractivity contribution in [3.8, 4) is 0 Å². The third kappa shape index (κ3) is 2.87. The van der Waals surface area contributed by atoms with E-state index in [0.717, 1.165) is 18.8 Å². The van der Waals surface area contributed by atoms with Gasteiger partial charge in [0.15, 0.2) is 0 Å². The predicted octanol–water partition coefficient (Wildman–Crippen LogP) is 2.16. The molecule has 0 saturated heterocycles. The predicted molar refractivity (Wildman–Crippen MR) is 80.9 cm³/mol. The van der Waals surface area contributed by atoms with Gasteiger partial charge in [-0.05, 0) is 17.9 Å². The number of nitrogens with zero attached hydrogens (tertiary/aromatic N) is 3. The molecule has 3 rings (SSSR count). The third-order valence-electron chi connectivity index (χ3n) is 3.42. The number of aliphatic hydroxyl groups is 1. The number of hydrogen-bond donors (Lipinski definition) is 2. The van der Waals surface area contributed by atoms with Gasteiger partial charge in [-0.3, -0.25) is 0 Å². The maximum atomic E-state index is 9.30.